The molecule has 2 N–H and O–H groups in total. The lowest BCUT2D eigenvalue weighted by Crippen LogP contribution is -2.46. The Morgan fingerprint density at radius 2 is 1.81 bits per heavy atom. The molecule has 1 aromatic carbocycles. The lowest BCUT2D eigenvalue weighted by Gasteiger charge is -2.36. The largest absolute Gasteiger partial charge is 0.372 e. The van der Waals surface area contributed by atoms with Crippen LogP contribution in [0.25, 0.3) is 11.0 Å². The van der Waals surface area contributed by atoms with E-state index in [9.17, 15) is 4.79 Å². The molecule has 4 rings (SSSR count). The van der Waals surface area contributed by atoms with Crippen LogP contribution in [-0.2, 0) is 9.53 Å². The minimum Gasteiger partial charge on any atom is -0.372 e. The van der Waals surface area contributed by atoms with Gasteiger partial charge in [-0.2, -0.15) is 0 Å². The normalized spacial score (nSPS) is 22.7. The van der Waals surface area contributed by atoms with E-state index in [0.29, 0.717) is 11.7 Å². The van der Waals surface area contributed by atoms with E-state index in [4.69, 9.17) is 14.7 Å². The molecule has 0 bridgehead atoms. The Hall–Kier alpha value is -2.41. The maximum Gasteiger partial charge on any atom is 0.239 e. The van der Waals surface area contributed by atoms with Gasteiger partial charge in [-0.15, -0.1) is 0 Å². The van der Waals surface area contributed by atoms with Crippen LogP contribution in [0, 0.1) is 5.92 Å². The third-order valence-corrected chi connectivity index (χ3v) is 4.97. The number of hydrogen-bond donors (Lipinski definition) is 2. The molecular weight excluding hydrogens is 342 g/mol. The van der Waals surface area contributed by atoms with Gasteiger partial charge in [0.05, 0.1) is 29.8 Å². The van der Waals surface area contributed by atoms with E-state index in [-0.39, 0.29) is 24.7 Å². The van der Waals surface area contributed by atoms with Gasteiger partial charge in [-0.25, -0.2) is 9.97 Å². The number of hydrogen-bond acceptors (Lipinski definition) is 6. The number of rotatable bonds is 6. The highest BCUT2D eigenvalue weighted by Gasteiger charge is 2.26. The highest BCUT2D eigenvalue weighted by atomic mass is 16.5. The zero-order valence-corrected chi connectivity index (χ0v) is 15.9. The zero-order chi connectivity index (χ0) is 18.8. The fourth-order valence-electron chi connectivity index (χ4n) is 3.49. The number of anilines is 2. The summed E-state index contributed by atoms with van der Waals surface area (Å²) in [5.74, 6) is 2.09. The van der Waals surface area contributed by atoms with Crippen molar-refractivity contribution in [1.29, 1.82) is 0 Å². The molecule has 2 aromatic rings. The van der Waals surface area contributed by atoms with Gasteiger partial charge in [0.2, 0.25) is 5.91 Å². The van der Waals surface area contributed by atoms with Gasteiger partial charge in [0, 0.05) is 19.6 Å². The first kappa shape index (κ1) is 18.0. The summed E-state index contributed by atoms with van der Waals surface area (Å²) in [5.41, 5.74) is 1.67. The molecule has 2 fully saturated rings. The maximum atomic E-state index is 12.1. The Bertz CT molecular complexity index is 813. The van der Waals surface area contributed by atoms with E-state index in [1.165, 1.54) is 12.8 Å². The monoisotopic (exact) mass is 369 g/mol. The molecule has 144 valence electrons. The van der Waals surface area contributed by atoms with Crippen molar-refractivity contribution in [2.24, 2.45) is 5.92 Å². The summed E-state index contributed by atoms with van der Waals surface area (Å²) in [6.45, 7) is 6.60. The van der Waals surface area contributed by atoms with Crippen LogP contribution in [0.4, 0.5) is 11.6 Å². The third-order valence-electron chi connectivity index (χ3n) is 4.97. The van der Waals surface area contributed by atoms with E-state index < -0.39 is 0 Å². The molecule has 1 saturated carbocycles. The van der Waals surface area contributed by atoms with E-state index in [1.54, 1.807) is 0 Å². The minimum absolute atomic E-state index is 0.00785. The van der Waals surface area contributed by atoms with Crippen LogP contribution in [0.5, 0.6) is 0 Å². The number of ether oxygens (including phenoxy) is 1. The van der Waals surface area contributed by atoms with E-state index >= 15 is 0 Å². The molecule has 27 heavy (non-hydrogen) atoms. The second-order valence-electron chi connectivity index (χ2n) is 7.65. The average Bonchev–Trinajstić information content (AvgIpc) is 3.47. The summed E-state index contributed by atoms with van der Waals surface area (Å²) < 4.78 is 5.85. The molecule has 1 amide bonds. The van der Waals surface area contributed by atoms with Crippen LogP contribution in [-0.4, -0.2) is 54.3 Å². The van der Waals surface area contributed by atoms with E-state index in [2.05, 4.69) is 29.4 Å². The van der Waals surface area contributed by atoms with Crippen LogP contribution >= 0.6 is 0 Å². The Kier molecular flexibility index (Phi) is 5.11. The maximum absolute atomic E-state index is 12.1. The lowest BCUT2D eigenvalue weighted by atomic mass is 10.2. The summed E-state index contributed by atoms with van der Waals surface area (Å²) >= 11 is 0. The summed E-state index contributed by atoms with van der Waals surface area (Å²) in [4.78, 5) is 23.9. The number of carbonyl (C=O) groups is 1. The van der Waals surface area contributed by atoms with Crippen molar-refractivity contribution < 1.29 is 9.53 Å². The SMILES string of the molecule is CC1CN(c2nc3ccccc3nc2NCC(=O)NCC2CC2)CC(C)O1. The molecule has 7 nitrogen and oxygen atoms in total. The fraction of sp³-hybridized carbons (Fsp3) is 0.550. The molecule has 1 aliphatic carbocycles. The number of nitrogens with one attached hydrogen (secondary N) is 2. The van der Waals surface area contributed by atoms with Crippen LogP contribution < -0.4 is 15.5 Å². The van der Waals surface area contributed by atoms with Gasteiger partial charge in [0.1, 0.15) is 0 Å². The van der Waals surface area contributed by atoms with Gasteiger partial charge in [0.25, 0.3) is 0 Å². The Labute approximate surface area is 159 Å². The van der Waals surface area contributed by atoms with Crippen molar-refractivity contribution in [1.82, 2.24) is 15.3 Å². The van der Waals surface area contributed by atoms with Crippen molar-refractivity contribution >= 4 is 28.6 Å². The van der Waals surface area contributed by atoms with Gasteiger partial charge < -0.3 is 20.3 Å². The van der Waals surface area contributed by atoms with Gasteiger partial charge in [-0.1, -0.05) is 12.1 Å². The van der Waals surface area contributed by atoms with Crippen molar-refractivity contribution in [2.45, 2.75) is 38.9 Å². The summed E-state index contributed by atoms with van der Waals surface area (Å²) in [6.07, 6.45) is 2.69. The van der Waals surface area contributed by atoms with Crippen LogP contribution in [0.2, 0.25) is 0 Å². The summed E-state index contributed by atoms with van der Waals surface area (Å²) in [5, 5.41) is 6.19. The first-order valence-electron chi connectivity index (χ1n) is 9.76. The fourth-order valence-corrected chi connectivity index (χ4v) is 3.49. The smallest absolute Gasteiger partial charge is 0.239 e. The number of amides is 1. The highest BCUT2D eigenvalue weighted by molar-refractivity contribution is 5.84. The predicted molar refractivity (Wildman–Crippen MR) is 106 cm³/mol. The molecule has 7 heteroatoms. The Balaban J connectivity index is 1.55. The predicted octanol–water partition coefficient (Wildman–Crippen LogP) is 2.18. The van der Waals surface area contributed by atoms with E-state index in [0.717, 1.165) is 36.5 Å². The number of para-hydroxylation sites is 2. The second kappa shape index (κ2) is 7.68. The van der Waals surface area contributed by atoms with Gasteiger partial charge in [0.15, 0.2) is 11.6 Å². The lowest BCUT2D eigenvalue weighted by molar-refractivity contribution is -0.119. The first-order valence-corrected chi connectivity index (χ1v) is 9.76. The molecule has 2 heterocycles. The van der Waals surface area contributed by atoms with Gasteiger partial charge in [-0.3, -0.25) is 4.79 Å². The van der Waals surface area contributed by atoms with Crippen LogP contribution in [0.3, 0.4) is 0 Å². The highest BCUT2D eigenvalue weighted by Crippen LogP contribution is 2.28. The van der Waals surface area contributed by atoms with Crippen molar-refractivity contribution in [3.05, 3.63) is 24.3 Å². The Morgan fingerprint density at radius 1 is 1.15 bits per heavy atom. The minimum atomic E-state index is -0.00785. The quantitative estimate of drug-likeness (QED) is 0.813. The number of carbonyl (C=O) groups excluding carboxylic acids is 1. The summed E-state index contributed by atoms with van der Waals surface area (Å²) in [7, 11) is 0. The van der Waals surface area contributed by atoms with Gasteiger partial charge >= 0.3 is 0 Å². The number of benzene rings is 1. The Morgan fingerprint density at radius 3 is 2.48 bits per heavy atom. The molecule has 2 atom stereocenters. The molecule has 1 saturated heterocycles. The number of aromatic nitrogens is 2. The van der Waals surface area contributed by atoms with Crippen LogP contribution in [0.15, 0.2) is 24.3 Å². The number of nitrogens with zero attached hydrogens (tertiary/aromatic N) is 3. The molecular formula is C20H27N5O2. The van der Waals surface area contributed by atoms with Gasteiger partial charge in [-0.05, 0) is 44.7 Å². The third kappa shape index (κ3) is 4.47. The zero-order valence-electron chi connectivity index (χ0n) is 15.9. The summed E-state index contributed by atoms with van der Waals surface area (Å²) in [6, 6.07) is 7.81. The molecule has 1 aromatic heterocycles. The molecule has 2 aliphatic rings. The molecule has 0 radical (unpaired) electrons. The van der Waals surface area contributed by atoms with Crippen molar-refractivity contribution in [3.8, 4) is 0 Å². The molecule has 2 unspecified atom stereocenters. The first-order chi connectivity index (χ1) is 13.1. The number of fused-ring (bicyclic) bond motifs is 1. The van der Waals surface area contributed by atoms with E-state index in [1.807, 2.05) is 24.3 Å². The molecule has 0 spiro atoms. The molecule has 1 aliphatic heterocycles. The van der Waals surface area contributed by atoms with Crippen molar-refractivity contribution in [2.75, 3.05) is 36.4 Å². The number of morpholine rings is 1. The van der Waals surface area contributed by atoms with Crippen molar-refractivity contribution in [3.63, 3.8) is 0 Å². The second-order valence-corrected chi connectivity index (χ2v) is 7.65. The standard InChI is InChI=1S/C20H27N5O2/c1-13-11-25(12-14(2)27-13)20-19(22-10-18(26)21-9-15-7-8-15)23-16-5-3-4-6-17(16)24-20/h3-6,13-15H,7-12H2,1-2H3,(H,21,26)(H,22,23). The van der Waals surface area contributed by atoms with Crippen LogP contribution in [0.1, 0.15) is 26.7 Å². The topological polar surface area (TPSA) is 79.4 Å². The average molecular weight is 369 g/mol.